The molecule has 3 nitrogen and oxygen atoms in total. The Morgan fingerprint density at radius 1 is 1.50 bits per heavy atom. The Labute approximate surface area is 97.9 Å². The summed E-state index contributed by atoms with van der Waals surface area (Å²) in [5.41, 5.74) is 3.23. The molecule has 1 atom stereocenters. The monoisotopic (exact) mass is 234 g/mol. The van der Waals surface area contributed by atoms with E-state index in [9.17, 15) is 4.79 Å². The minimum atomic E-state index is 0.0312. The minimum absolute atomic E-state index is 0.0312. The zero-order chi connectivity index (χ0) is 11.1. The molecule has 3 rings (SSSR count). The van der Waals surface area contributed by atoms with Crippen molar-refractivity contribution in [2.45, 2.75) is 25.1 Å². The van der Waals surface area contributed by atoms with Crippen LogP contribution < -0.4 is 5.69 Å². The summed E-state index contributed by atoms with van der Waals surface area (Å²) >= 11 is 1.88. The molecular weight excluding hydrogens is 220 g/mol. The van der Waals surface area contributed by atoms with Crippen LogP contribution in [0.15, 0.2) is 23.0 Å². The smallest absolute Gasteiger partial charge is 0.305 e. The molecule has 1 N–H and O–H groups in total. The van der Waals surface area contributed by atoms with Gasteiger partial charge in [0.25, 0.3) is 0 Å². The van der Waals surface area contributed by atoms with Gasteiger partial charge in [-0.1, -0.05) is 12.1 Å². The molecule has 16 heavy (non-hydrogen) atoms. The van der Waals surface area contributed by atoms with Gasteiger partial charge < -0.3 is 4.98 Å². The molecule has 0 aliphatic carbocycles. The maximum absolute atomic E-state index is 12.0. The number of aryl methyl sites for hydroxylation is 1. The van der Waals surface area contributed by atoms with Crippen LogP contribution in [0.5, 0.6) is 0 Å². The summed E-state index contributed by atoms with van der Waals surface area (Å²) < 4.78 is 1.93. The second-order valence-corrected chi connectivity index (χ2v) is 5.52. The van der Waals surface area contributed by atoms with Crippen molar-refractivity contribution < 1.29 is 0 Å². The number of thioether (sulfide) groups is 1. The summed E-state index contributed by atoms with van der Waals surface area (Å²) in [6, 6.07) is 6.02. The van der Waals surface area contributed by atoms with E-state index in [0.29, 0.717) is 5.37 Å². The number of aromatic amines is 1. The highest BCUT2D eigenvalue weighted by molar-refractivity contribution is 7.99. The van der Waals surface area contributed by atoms with E-state index in [2.05, 4.69) is 18.0 Å². The van der Waals surface area contributed by atoms with Crippen molar-refractivity contribution in [1.82, 2.24) is 9.55 Å². The van der Waals surface area contributed by atoms with Gasteiger partial charge >= 0.3 is 5.69 Å². The Morgan fingerprint density at radius 2 is 2.38 bits per heavy atom. The molecule has 0 amide bonds. The number of fused-ring (bicyclic) bond motifs is 1. The first-order valence-electron chi connectivity index (χ1n) is 5.59. The normalized spacial score (nSPS) is 20.7. The summed E-state index contributed by atoms with van der Waals surface area (Å²) in [7, 11) is 0. The van der Waals surface area contributed by atoms with Crippen LogP contribution >= 0.6 is 11.8 Å². The van der Waals surface area contributed by atoms with E-state index in [1.165, 1.54) is 12.0 Å². The molecule has 1 unspecified atom stereocenters. The molecule has 1 aliphatic rings. The van der Waals surface area contributed by atoms with E-state index in [-0.39, 0.29) is 5.69 Å². The van der Waals surface area contributed by atoms with Gasteiger partial charge in [0.1, 0.15) is 0 Å². The fourth-order valence-electron chi connectivity index (χ4n) is 2.40. The predicted molar refractivity (Wildman–Crippen MR) is 68.0 cm³/mol. The average Bonchev–Trinajstić information content (AvgIpc) is 2.84. The first kappa shape index (κ1) is 10.0. The van der Waals surface area contributed by atoms with Gasteiger partial charge in [-0.25, -0.2) is 4.79 Å². The highest BCUT2D eigenvalue weighted by Crippen LogP contribution is 2.36. The maximum Gasteiger partial charge on any atom is 0.327 e. The van der Waals surface area contributed by atoms with E-state index in [1.807, 2.05) is 28.5 Å². The highest BCUT2D eigenvalue weighted by atomic mass is 32.2. The molecule has 1 aromatic carbocycles. The maximum atomic E-state index is 12.0. The lowest BCUT2D eigenvalue weighted by Gasteiger charge is -2.11. The second-order valence-electron chi connectivity index (χ2n) is 4.24. The molecule has 0 saturated carbocycles. The lowest BCUT2D eigenvalue weighted by atomic mass is 10.2. The molecule has 2 heterocycles. The van der Waals surface area contributed by atoms with Crippen LogP contribution in [0.2, 0.25) is 0 Å². The standard InChI is InChI=1S/C12H14N2OS/c1-8-4-2-5-9-11(8)14(12(15)13-9)10-6-3-7-16-10/h2,4-5,10H,3,6-7H2,1H3,(H,13,15). The molecule has 1 saturated heterocycles. The first-order chi connectivity index (χ1) is 7.77. The molecule has 0 spiro atoms. The summed E-state index contributed by atoms with van der Waals surface area (Å²) in [6.07, 6.45) is 2.31. The highest BCUT2D eigenvalue weighted by Gasteiger charge is 2.22. The predicted octanol–water partition coefficient (Wildman–Crippen LogP) is 2.66. The Hall–Kier alpha value is -1.16. The third-order valence-electron chi connectivity index (χ3n) is 3.13. The van der Waals surface area contributed by atoms with Gasteiger partial charge in [-0.05, 0) is 37.1 Å². The van der Waals surface area contributed by atoms with Crippen molar-refractivity contribution in [3.63, 3.8) is 0 Å². The Balaban J connectivity index is 2.29. The van der Waals surface area contributed by atoms with Gasteiger partial charge in [0, 0.05) is 0 Å². The van der Waals surface area contributed by atoms with E-state index >= 15 is 0 Å². The third kappa shape index (κ3) is 1.40. The molecule has 1 aromatic heterocycles. The van der Waals surface area contributed by atoms with Crippen LogP contribution in [0.3, 0.4) is 0 Å². The molecule has 1 aliphatic heterocycles. The van der Waals surface area contributed by atoms with Crippen molar-refractivity contribution in [2.24, 2.45) is 0 Å². The van der Waals surface area contributed by atoms with Gasteiger partial charge in [-0.3, -0.25) is 4.57 Å². The summed E-state index contributed by atoms with van der Waals surface area (Å²) in [6.45, 7) is 2.06. The van der Waals surface area contributed by atoms with Crippen LogP contribution in [0, 0.1) is 6.92 Å². The quantitative estimate of drug-likeness (QED) is 0.823. The van der Waals surface area contributed by atoms with Crippen molar-refractivity contribution in [1.29, 1.82) is 0 Å². The van der Waals surface area contributed by atoms with E-state index < -0.39 is 0 Å². The molecule has 0 radical (unpaired) electrons. The number of hydrogen-bond acceptors (Lipinski definition) is 2. The number of nitrogens with one attached hydrogen (secondary N) is 1. The molecule has 0 bridgehead atoms. The Bertz CT molecular complexity index is 578. The van der Waals surface area contributed by atoms with Crippen molar-refractivity contribution in [3.05, 3.63) is 34.2 Å². The number of nitrogens with zero attached hydrogens (tertiary/aromatic N) is 1. The fraction of sp³-hybridized carbons (Fsp3) is 0.417. The van der Waals surface area contributed by atoms with Gasteiger partial charge in [0.2, 0.25) is 0 Å². The average molecular weight is 234 g/mol. The summed E-state index contributed by atoms with van der Waals surface area (Å²) in [4.78, 5) is 14.9. The third-order valence-corrected chi connectivity index (χ3v) is 4.49. The zero-order valence-electron chi connectivity index (χ0n) is 9.19. The Kier molecular flexibility index (Phi) is 2.32. The van der Waals surface area contributed by atoms with Crippen molar-refractivity contribution in [3.8, 4) is 0 Å². The number of imidazole rings is 1. The van der Waals surface area contributed by atoms with Crippen molar-refractivity contribution in [2.75, 3.05) is 5.75 Å². The van der Waals surface area contributed by atoms with Crippen LogP contribution in [0.4, 0.5) is 0 Å². The van der Waals surface area contributed by atoms with Gasteiger partial charge in [-0.2, -0.15) is 0 Å². The molecular formula is C12H14N2OS. The number of aromatic nitrogens is 2. The largest absolute Gasteiger partial charge is 0.327 e. The SMILES string of the molecule is Cc1cccc2[nH]c(=O)n(C3CCCS3)c12. The van der Waals surface area contributed by atoms with Crippen LogP contribution in [0.1, 0.15) is 23.8 Å². The van der Waals surface area contributed by atoms with Gasteiger partial charge in [0.15, 0.2) is 0 Å². The molecule has 2 aromatic rings. The van der Waals surface area contributed by atoms with E-state index in [1.54, 1.807) is 0 Å². The number of rotatable bonds is 1. The zero-order valence-corrected chi connectivity index (χ0v) is 10.0. The van der Waals surface area contributed by atoms with Crippen LogP contribution in [-0.4, -0.2) is 15.3 Å². The number of para-hydroxylation sites is 1. The lowest BCUT2D eigenvalue weighted by molar-refractivity contribution is 0.640. The molecule has 84 valence electrons. The molecule has 4 heteroatoms. The minimum Gasteiger partial charge on any atom is -0.305 e. The summed E-state index contributed by atoms with van der Waals surface area (Å²) in [5, 5.41) is 0.322. The fourth-order valence-corrected chi connectivity index (χ4v) is 3.68. The summed E-state index contributed by atoms with van der Waals surface area (Å²) in [5.74, 6) is 1.16. The Morgan fingerprint density at radius 3 is 3.12 bits per heavy atom. The van der Waals surface area contributed by atoms with E-state index in [0.717, 1.165) is 23.2 Å². The van der Waals surface area contributed by atoms with E-state index in [4.69, 9.17) is 0 Å². The topological polar surface area (TPSA) is 37.8 Å². The number of benzene rings is 1. The first-order valence-corrected chi connectivity index (χ1v) is 6.63. The van der Waals surface area contributed by atoms with Crippen LogP contribution in [-0.2, 0) is 0 Å². The number of H-pyrrole nitrogens is 1. The second kappa shape index (κ2) is 3.70. The number of hydrogen-bond donors (Lipinski definition) is 1. The van der Waals surface area contributed by atoms with Gasteiger partial charge in [-0.15, -0.1) is 11.8 Å². The lowest BCUT2D eigenvalue weighted by Crippen LogP contribution is -2.19. The van der Waals surface area contributed by atoms with Gasteiger partial charge in [0.05, 0.1) is 16.4 Å². The van der Waals surface area contributed by atoms with Crippen LogP contribution in [0.25, 0.3) is 11.0 Å². The molecule has 1 fully saturated rings. The van der Waals surface area contributed by atoms with Crippen molar-refractivity contribution >= 4 is 22.8 Å².